The molecule has 1 aliphatic carbocycles. The highest BCUT2D eigenvalue weighted by molar-refractivity contribution is 6.31. The average Bonchev–Trinajstić information content (AvgIpc) is 3.55. The number of halogens is 3. The van der Waals surface area contributed by atoms with Gasteiger partial charge in [-0.1, -0.05) is 35.3 Å². The molecule has 3 N–H and O–H groups in total. The number of rotatable bonds is 8. The van der Waals surface area contributed by atoms with Crippen molar-refractivity contribution in [2.45, 2.75) is 32.0 Å². The van der Waals surface area contributed by atoms with Gasteiger partial charge in [-0.2, -0.15) is 5.10 Å². The molecule has 1 saturated carbocycles. The van der Waals surface area contributed by atoms with Crippen LogP contribution in [0.2, 0.25) is 10.0 Å². The van der Waals surface area contributed by atoms with Crippen molar-refractivity contribution in [3.8, 4) is 0 Å². The van der Waals surface area contributed by atoms with Gasteiger partial charge in [-0.25, -0.2) is 4.39 Å². The molecule has 0 unspecified atom stereocenters. The summed E-state index contributed by atoms with van der Waals surface area (Å²) in [5.41, 5.74) is 6.21. The van der Waals surface area contributed by atoms with Gasteiger partial charge in [0.2, 0.25) is 11.8 Å². The number of hydrogen-bond acceptors (Lipinski definition) is 4. The third-order valence-electron chi connectivity index (χ3n) is 5.36. The highest BCUT2D eigenvalue weighted by Gasteiger charge is 2.34. The van der Waals surface area contributed by atoms with Crippen molar-refractivity contribution in [1.29, 1.82) is 0 Å². The van der Waals surface area contributed by atoms with Crippen molar-refractivity contribution < 1.29 is 18.8 Å². The molecule has 0 atom stereocenters. The van der Waals surface area contributed by atoms with E-state index >= 15 is 0 Å². The molecular formula is C22H20Cl2FN5O3. The number of primary amides is 1. The van der Waals surface area contributed by atoms with Gasteiger partial charge in [-0.3, -0.25) is 19.1 Å². The molecule has 11 heteroatoms. The molecule has 0 aliphatic heterocycles. The Labute approximate surface area is 198 Å². The molecule has 1 heterocycles. The SMILES string of the molecule is NC(=O)c1nn(CC(=O)N(CC(=O)NCc2cccc(Cl)c2F)C2CC2)c2ccc(Cl)cc12. The van der Waals surface area contributed by atoms with Crippen molar-refractivity contribution in [3.63, 3.8) is 0 Å². The van der Waals surface area contributed by atoms with E-state index in [0.29, 0.717) is 15.9 Å². The summed E-state index contributed by atoms with van der Waals surface area (Å²) in [4.78, 5) is 38.8. The first-order valence-corrected chi connectivity index (χ1v) is 10.9. The number of hydrogen-bond donors (Lipinski definition) is 2. The summed E-state index contributed by atoms with van der Waals surface area (Å²) in [5, 5.41) is 7.63. The highest BCUT2D eigenvalue weighted by Crippen LogP contribution is 2.28. The number of carbonyl (C=O) groups is 3. The summed E-state index contributed by atoms with van der Waals surface area (Å²) in [6.45, 7) is -0.415. The van der Waals surface area contributed by atoms with Gasteiger partial charge in [0, 0.05) is 28.6 Å². The fraction of sp³-hybridized carbons (Fsp3) is 0.273. The van der Waals surface area contributed by atoms with Crippen molar-refractivity contribution in [2.75, 3.05) is 6.54 Å². The Morgan fingerprint density at radius 2 is 1.97 bits per heavy atom. The van der Waals surface area contributed by atoms with Crippen LogP contribution in [0.15, 0.2) is 36.4 Å². The molecule has 1 aliphatic rings. The van der Waals surface area contributed by atoms with Crippen LogP contribution in [0.3, 0.4) is 0 Å². The number of aromatic nitrogens is 2. The lowest BCUT2D eigenvalue weighted by molar-refractivity contribution is -0.137. The van der Waals surface area contributed by atoms with Gasteiger partial charge in [0.15, 0.2) is 5.69 Å². The van der Waals surface area contributed by atoms with Crippen LogP contribution in [0.5, 0.6) is 0 Å². The van der Waals surface area contributed by atoms with Crippen LogP contribution in [0, 0.1) is 5.82 Å². The zero-order valence-electron chi connectivity index (χ0n) is 17.4. The molecule has 0 radical (unpaired) electrons. The summed E-state index contributed by atoms with van der Waals surface area (Å²) in [6.07, 6.45) is 1.56. The smallest absolute Gasteiger partial charge is 0.269 e. The van der Waals surface area contributed by atoms with Gasteiger partial charge in [0.25, 0.3) is 5.91 Å². The normalized spacial score (nSPS) is 13.2. The van der Waals surface area contributed by atoms with E-state index in [-0.39, 0.29) is 47.9 Å². The Morgan fingerprint density at radius 1 is 1.21 bits per heavy atom. The lowest BCUT2D eigenvalue weighted by atomic mass is 10.2. The van der Waals surface area contributed by atoms with Crippen LogP contribution in [0.1, 0.15) is 28.9 Å². The second kappa shape index (κ2) is 9.36. The molecule has 3 aromatic rings. The van der Waals surface area contributed by atoms with Crippen LogP contribution in [-0.4, -0.2) is 45.0 Å². The maximum atomic E-state index is 14.0. The number of nitrogens with zero attached hydrogens (tertiary/aromatic N) is 3. The van der Waals surface area contributed by atoms with E-state index in [2.05, 4.69) is 10.4 Å². The molecule has 0 bridgehead atoms. The topological polar surface area (TPSA) is 110 Å². The average molecular weight is 492 g/mol. The van der Waals surface area contributed by atoms with Crippen molar-refractivity contribution in [1.82, 2.24) is 20.0 Å². The van der Waals surface area contributed by atoms with Gasteiger partial charge >= 0.3 is 0 Å². The Hall–Kier alpha value is -3.17. The fourth-order valence-corrected chi connectivity index (χ4v) is 3.94. The second-order valence-corrected chi connectivity index (χ2v) is 8.62. The molecule has 2 aromatic carbocycles. The molecule has 172 valence electrons. The van der Waals surface area contributed by atoms with E-state index in [4.69, 9.17) is 28.9 Å². The summed E-state index contributed by atoms with van der Waals surface area (Å²) in [5.74, 6) is -2.09. The summed E-state index contributed by atoms with van der Waals surface area (Å²) < 4.78 is 15.4. The molecule has 0 saturated heterocycles. The maximum Gasteiger partial charge on any atom is 0.269 e. The van der Waals surface area contributed by atoms with Gasteiger partial charge in [0.05, 0.1) is 17.1 Å². The first-order chi connectivity index (χ1) is 15.7. The zero-order valence-corrected chi connectivity index (χ0v) is 18.9. The van der Waals surface area contributed by atoms with Crippen LogP contribution < -0.4 is 11.1 Å². The van der Waals surface area contributed by atoms with Crippen molar-refractivity contribution >= 4 is 51.8 Å². The number of nitrogens with two attached hydrogens (primary N) is 1. The van der Waals surface area contributed by atoms with Crippen LogP contribution in [-0.2, 0) is 22.7 Å². The van der Waals surface area contributed by atoms with Crippen LogP contribution in [0.25, 0.3) is 10.9 Å². The molecule has 3 amide bonds. The highest BCUT2D eigenvalue weighted by atomic mass is 35.5. The van der Waals surface area contributed by atoms with E-state index in [1.807, 2.05) is 0 Å². The minimum atomic E-state index is -0.736. The second-order valence-electron chi connectivity index (χ2n) is 7.77. The van der Waals surface area contributed by atoms with Crippen LogP contribution in [0.4, 0.5) is 4.39 Å². The first-order valence-electron chi connectivity index (χ1n) is 10.2. The third kappa shape index (κ3) is 5.09. The molecular weight excluding hydrogens is 472 g/mol. The van der Waals surface area contributed by atoms with Crippen LogP contribution >= 0.6 is 23.2 Å². The number of amides is 3. The lowest BCUT2D eigenvalue weighted by Crippen LogP contribution is -2.43. The Kier molecular flexibility index (Phi) is 6.53. The number of benzene rings is 2. The third-order valence-corrected chi connectivity index (χ3v) is 5.89. The molecule has 8 nitrogen and oxygen atoms in total. The van der Waals surface area contributed by atoms with Gasteiger partial charge in [-0.15, -0.1) is 0 Å². The molecule has 0 spiro atoms. The Bertz CT molecular complexity index is 1260. The van der Waals surface area contributed by atoms with E-state index in [9.17, 15) is 18.8 Å². The minimum Gasteiger partial charge on any atom is -0.364 e. The Morgan fingerprint density at radius 3 is 2.67 bits per heavy atom. The maximum absolute atomic E-state index is 14.0. The van der Waals surface area contributed by atoms with E-state index in [1.165, 1.54) is 21.7 Å². The minimum absolute atomic E-state index is 0.0135. The summed E-state index contributed by atoms with van der Waals surface area (Å²) in [7, 11) is 0. The van der Waals surface area contributed by atoms with Gasteiger partial charge in [0.1, 0.15) is 12.4 Å². The largest absolute Gasteiger partial charge is 0.364 e. The molecule has 1 fully saturated rings. The standard InChI is InChI=1S/C22H20Cl2FN5O3/c23-13-4-7-17-15(8-13)21(22(26)33)28-30(17)11-19(32)29(14-5-6-14)10-18(31)27-9-12-2-1-3-16(24)20(12)25/h1-4,7-8,14H,5-6,9-11H2,(H2,26,33)(H,27,31). The predicted molar refractivity (Wildman–Crippen MR) is 121 cm³/mol. The Balaban J connectivity index is 1.47. The van der Waals surface area contributed by atoms with Crippen molar-refractivity contribution in [2.24, 2.45) is 5.73 Å². The zero-order chi connectivity index (χ0) is 23.7. The van der Waals surface area contributed by atoms with E-state index < -0.39 is 17.6 Å². The van der Waals surface area contributed by atoms with E-state index in [1.54, 1.807) is 24.3 Å². The molecule has 1 aromatic heterocycles. The number of nitrogens with one attached hydrogen (secondary N) is 1. The number of carbonyl (C=O) groups excluding carboxylic acids is 3. The first kappa shape index (κ1) is 23.0. The van der Waals surface area contributed by atoms with Crippen molar-refractivity contribution in [3.05, 3.63) is 63.5 Å². The number of fused-ring (bicyclic) bond motifs is 1. The fourth-order valence-electron chi connectivity index (χ4n) is 3.57. The summed E-state index contributed by atoms with van der Waals surface area (Å²) in [6, 6.07) is 9.32. The van der Waals surface area contributed by atoms with E-state index in [0.717, 1.165) is 12.8 Å². The lowest BCUT2D eigenvalue weighted by Gasteiger charge is -2.22. The van der Waals surface area contributed by atoms with Gasteiger partial charge in [-0.05, 0) is 37.1 Å². The quantitative estimate of drug-likeness (QED) is 0.504. The monoisotopic (exact) mass is 491 g/mol. The predicted octanol–water partition coefficient (Wildman–Crippen LogP) is 2.89. The summed E-state index contributed by atoms with van der Waals surface area (Å²) >= 11 is 11.8. The molecule has 4 rings (SSSR count). The molecule has 33 heavy (non-hydrogen) atoms. The van der Waals surface area contributed by atoms with Gasteiger partial charge < -0.3 is 16.0 Å².